The van der Waals surface area contributed by atoms with Crippen LogP contribution in [-0.4, -0.2) is 19.7 Å². The lowest BCUT2D eigenvalue weighted by Crippen LogP contribution is -2.01. The molecule has 0 bridgehead atoms. The van der Waals surface area contributed by atoms with Gasteiger partial charge < -0.3 is 11.5 Å². The van der Waals surface area contributed by atoms with Gasteiger partial charge >= 0.3 is 0 Å². The third-order valence-electron chi connectivity index (χ3n) is 1.74. The molecule has 14 heavy (non-hydrogen) atoms. The van der Waals surface area contributed by atoms with Crippen LogP contribution in [0.4, 0.5) is 11.8 Å². The van der Waals surface area contributed by atoms with Crippen molar-refractivity contribution in [2.24, 2.45) is 7.05 Å². The van der Waals surface area contributed by atoms with Crippen LogP contribution in [0.25, 0.3) is 11.4 Å². The number of nitrogens with zero attached hydrogens (tertiary/aromatic N) is 4. The Morgan fingerprint density at radius 1 is 1.21 bits per heavy atom. The molecule has 0 unspecified atom stereocenters. The summed E-state index contributed by atoms with van der Waals surface area (Å²) in [5, 5.41) is 4.18. The summed E-state index contributed by atoms with van der Waals surface area (Å²) in [4.78, 5) is 7.80. The number of hydrogen-bond donors (Lipinski definition) is 2. The number of aryl methyl sites for hydroxylation is 1. The summed E-state index contributed by atoms with van der Waals surface area (Å²) >= 11 is 0. The van der Waals surface area contributed by atoms with Gasteiger partial charge in [0.25, 0.3) is 0 Å². The maximum absolute atomic E-state index is 5.54. The summed E-state index contributed by atoms with van der Waals surface area (Å²) in [7, 11) is 1.83. The molecule has 2 aromatic heterocycles. The topological polar surface area (TPSA) is 95.6 Å². The molecule has 4 N–H and O–H groups in total. The van der Waals surface area contributed by atoms with E-state index in [0.717, 1.165) is 5.69 Å². The van der Waals surface area contributed by atoms with Crippen molar-refractivity contribution in [3.05, 3.63) is 18.3 Å². The zero-order chi connectivity index (χ0) is 10.1. The van der Waals surface area contributed by atoms with Gasteiger partial charge in [-0.25, -0.2) is 4.98 Å². The fraction of sp³-hybridized carbons (Fsp3) is 0.125. The van der Waals surface area contributed by atoms with Crippen LogP contribution in [0, 0.1) is 0 Å². The van der Waals surface area contributed by atoms with Gasteiger partial charge in [0.2, 0.25) is 5.95 Å². The SMILES string of the molecule is Cn1ccc(-c2cc(N)nc(N)n2)n1. The molecule has 72 valence electrons. The minimum atomic E-state index is 0.158. The third-order valence-corrected chi connectivity index (χ3v) is 1.74. The van der Waals surface area contributed by atoms with E-state index in [2.05, 4.69) is 15.1 Å². The van der Waals surface area contributed by atoms with E-state index >= 15 is 0 Å². The zero-order valence-corrected chi connectivity index (χ0v) is 7.68. The van der Waals surface area contributed by atoms with E-state index < -0.39 is 0 Å². The minimum Gasteiger partial charge on any atom is -0.384 e. The van der Waals surface area contributed by atoms with E-state index in [0.29, 0.717) is 11.5 Å². The zero-order valence-electron chi connectivity index (χ0n) is 7.68. The monoisotopic (exact) mass is 190 g/mol. The van der Waals surface area contributed by atoms with Gasteiger partial charge in [0.1, 0.15) is 11.5 Å². The van der Waals surface area contributed by atoms with Gasteiger partial charge in [-0.3, -0.25) is 4.68 Å². The van der Waals surface area contributed by atoms with Gasteiger partial charge in [0.05, 0.1) is 5.69 Å². The van der Waals surface area contributed by atoms with Gasteiger partial charge in [-0.05, 0) is 6.07 Å². The summed E-state index contributed by atoms with van der Waals surface area (Å²) < 4.78 is 1.68. The largest absolute Gasteiger partial charge is 0.384 e. The van der Waals surface area contributed by atoms with Crippen LogP contribution >= 0.6 is 0 Å². The Labute approximate surface area is 80.6 Å². The van der Waals surface area contributed by atoms with Gasteiger partial charge in [-0.15, -0.1) is 0 Å². The van der Waals surface area contributed by atoms with Gasteiger partial charge in [0.15, 0.2) is 0 Å². The number of aromatic nitrogens is 4. The van der Waals surface area contributed by atoms with Crippen LogP contribution < -0.4 is 11.5 Å². The maximum atomic E-state index is 5.54. The van der Waals surface area contributed by atoms with Crippen LogP contribution in [0.3, 0.4) is 0 Å². The smallest absolute Gasteiger partial charge is 0.222 e. The number of hydrogen-bond acceptors (Lipinski definition) is 5. The van der Waals surface area contributed by atoms with Gasteiger partial charge in [0, 0.05) is 19.3 Å². The van der Waals surface area contributed by atoms with Crippen LogP contribution in [-0.2, 0) is 7.05 Å². The third kappa shape index (κ3) is 1.49. The molecule has 0 amide bonds. The fourth-order valence-electron chi connectivity index (χ4n) is 1.17. The summed E-state index contributed by atoms with van der Waals surface area (Å²) in [6.07, 6.45) is 1.82. The van der Waals surface area contributed by atoms with E-state index in [1.54, 1.807) is 10.7 Å². The molecular weight excluding hydrogens is 180 g/mol. The van der Waals surface area contributed by atoms with Crippen molar-refractivity contribution in [3.63, 3.8) is 0 Å². The first-order valence-corrected chi connectivity index (χ1v) is 4.05. The number of rotatable bonds is 1. The average Bonchev–Trinajstić information content (AvgIpc) is 2.50. The first kappa shape index (κ1) is 8.49. The van der Waals surface area contributed by atoms with Crippen molar-refractivity contribution < 1.29 is 0 Å². The molecule has 6 heteroatoms. The predicted molar refractivity (Wildman–Crippen MR) is 53.1 cm³/mol. The Kier molecular flexibility index (Phi) is 1.81. The highest BCUT2D eigenvalue weighted by Crippen LogP contribution is 2.16. The molecule has 0 atom stereocenters. The molecule has 0 radical (unpaired) electrons. The molecular formula is C8H10N6. The van der Waals surface area contributed by atoms with Crippen LogP contribution in [0.2, 0.25) is 0 Å². The number of anilines is 2. The summed E-state index contributed by atoms with van der Waals surface area (Å²) in [6.45, 7) is 0. The van der Waals surface area contributed by atoms with Gasteiger partial charge in [-0.1, -0.05) is 0 Å². The fourth-order valence-corrected chi connectivity index (χ4v) is 1.17. The van der Waals surface area contributed by atoms with Crippen molar-refractivity contribution >= 4 is 11.8 Å². The highest BCUT2D eigenvalue weighted by atomic mass is 15.3. The Morgan fingerprint density at radius 2 is 2.00 bits per heavy atom. The lowest BCUT2D eigenvalue weighted by Gasteiger charge is -1.99. The summed E-state index contributed by atoms with van der Waals surface area (Å²) in [6, 6.07) is 3.47. The van der Waals surface area contributed by atoms with E-state index in [-0.39, 0.29) is 5.95 Å². The van der Waals surface area contributed by atoms with Crippen molar-refractivity contribution in [2.45, 2.75) is 0 Å². The molecule has 2 heterocycles. The normalized spacial score (nSPS) is 10.4. The van der Waals surface area contributed by atoms with Crippen LogP contribution in [0.5, 0.6) is 0 Å². The standard InChI is InChI=1S/C8H10N6/c1-14-3-2-5(13-14)6-4-7(9)12-8(10)11-6/h2-4H,1H3,(H4,9,10,11,12). The molecule has 0 aliphatic heterocycles. The molecule has 0 spiro atoms. The second kappa shape index (κ2) is 2.99. The Hall–Kier alpha value is -2.11. The molecule has 2 aromatic rings. The Balaban J connectivity index is 2.51. The lowest BCUT2D eigenvalue weighted by atomic mass is 10.3. The van der Waals surface area contributed by atoms with Crippen molar-refractivity contribution in [3.8, 4) is 11.4 Å². The van der Waals surface area contributed by atoms with Gasteiger partial charge in [-0.2, -0.15) is 10.1 Å². The second-order valence-electron chi connectivity index (χ2n) is 2.91. The van der Waals surface area contributed by atoms with Crippen molar-refractivity contribution in [1.29, 1.82) is 0 Å². The highest BCUT2D eigenvalue weighted by Gasteiger charge is 2.05. The minimum absolute atomic E-state index is 0.158. The molecule has 0 aromatic carbocycles. The number of nitrogen functional groups attached to an aromatic ring is 2. The quantitative estimate of drug-likeness (QED) is 0.662. The second-order valence-corrected chi connectivity index (χ2v) is 2.91. The Bertz CT molecular complexity index is 440. The van der Waals surface area contributed by atoms with Crippen molar-refractivity contribution in [2.75, 3.05) is 11.5 Å². The first-order valence-electron chi connectivity index (χ1n) is 4.05. The molecule has 6 nitrogen and oxygen atoms in total. The number of nitrogens with two attached hydrogens (primary N) is 2. The average molecular weight is 190 g/mol. The van der Waals surface area contributed by atoms with Crippen molar-refractivity contribution in [1.82, 2.24) is 19.7 Å². The van der Waals surface area contributed by atoms with Crippen LogP contribution in [0.1, 0.15) is 0 Å². The predicted octanol–water partition coefficient (Wildman–Crippen LogP) is 0.0415. The highest BCUT2D eigenvalue weighted by molar-refractivity contribution is 5.58. The summed E-state index contributed by atoms with van der Waals surface area (Å²) in [5.41, 5.74) is 12.4. The molecule has 0 aliphatic rings. The molecule has 0 fully saturated rings. The van der Waals surface area contributed by atoms with E-state index in [1.807, 2.05) is 19.3 Å². The first-order chi connectivity index (χ1) is 6.65. The molecule has 0 saturated heterocycles. The summed E-state index contributed by atoms with van der Waals surface area (Å²) in [5.74, 6) is 0.504. The molecule has 0 aliphatic carbocycles. The Morgan fingerprint density at radius 3 is 2.57 bits per heavy atom. The van der Waals surface area contributed by atoms with E-state index in [9.17, 15) is 0 Å². The molecule has 0 saturated carbocycles. The van der Waals surface area contributed by atoms with Crippen LogP contribution in [0.15, 0.2) is 18.3 Å². The molecule has 2 rings (SSSR count). The maximum Gasteiger partial charge on any atom is 0.222 e. The lowest BCUT2D eigenvalue weighted by molar-refractivity contribution is 0.770. The van der Waals surface area contributed by atoms with E-state index in [1.165, 1.54) is 0 Å². The van der Waals surface area contributed by atoms with E-state index in [4.69, 9.17) is 11.5 Å².